The second kappa shape index (κ2) is 10.6. The Morgan fingerprint density at radius 1 is 1.12 bits per heavy atom. The molecule has 0 unspecified atom stereocenters. The third-order valence-electron chi connectivity index (χ3n) is 4.85. The number of hydrogen-bond acceptors (Lipinski definition) is 5. The number of aliphatic carboxylic acids is 1. The normalized spacial score (nSPS) is 11.6. The number of nitrogens with zero attached hydrogens (tertiary/aromatic N) is 2. The van der Waals surface area contributed by atoms with Gasteiger partial charge in [-0.15, -0.1) is 0 Å². The van der Waals surface area contributed by atoms with Crippen LogP contribution in [0.25, 0.3) is 11.1 Å². The molecule has 1 aromatic heterocycles. The summed E-state index contributed by atoms with van der Waals surface area (Å²) in [5.41, 5.74) is 2.16. The molecule has 0 aliphatic rings. The number of nitrogens with one attached hydrogen (secondary N) is 2. The van der Waals surface area contributed by atoms with E-state index in [1.54, 1.807) is 36.0 Å². The van der Waals surface area contributed by atoms with Gasteiger partial charge in [-0.25, -0.2) is 9.78 Å². The Balaban J connectivity index is 1.92. The second-order valence-corrected chi connectivity index (χ2v) is 8.07. The van der Waals surface area contributed by atoms with Gasteiger partial charge in [-0.3, -0.25) is 9.59 Å². The maximum Gasteiger partial charge on any atom is 0.326 e. The van der Waals surface area contributed by atoms with Crippen LogP contribution in [0.4, 0.5) is 5.69 Å². The average Bonchev–Trinajstić information content (AvgIpc) is 3.22. The van der Waals surface area contributed by atoms with Crippen molar-refractivity contribution in [1.82, 2.24) is 14.9 Å². The fourth-order valence-electron chi connectivity index (χ4n) is 3.18. The van der Waals surface area contributed by atoms with E-state index in [4.69, 9.17) is 0 Å². The number of carbonyl (C=O) groups is 3. The fourth-order valence-corrected chi connectivity index (χ4v) is 3.65. The molecule has 0 aliphatic heterocycles. The van der Waals surface area contributed by atoms with Crippen molar-refractivity contribution >= 4 is 35.2 Å². The summed E-state index contributed by atoms with van der Waals surface area (Å²) in [6.45, 7) is 0. The Bertz CT molecular complexity index is 1110. The van der Waals surface area contributed by atoms with Gasteiger partial charge in [0.15, 0.2) is 5.82 Å². The van der Waals surface area contributed by atoms with Crippen LogP contribution in [0.5, 0.6) is 0 Å². The molecule has 0 bridgehead atoms. The Hall–Kier alpha value is -3.59. The van der Waals surface area contributed by atoms with Crippen LogP contribution in [0.15, 0.2) is 60.9 Å². The first-order valence-electron chi connectivity index (χ1n) is 9.91. The molecule has 3 rings (SSSR count). The van der Waals surface area contributed by atoms with Gasteiger partial charge in [0.2, 0.25) is 0 Å². The van der Waals surface area contributed by atoms with Crippen molar-refractivity contribution in [2.45, 2.75) is 12.5 Å². The van der Waals surface area contributed by atoms with E-state index in [0.717, 1.165) is 5.56 Å². The smallest absolute Gasteiger partial charge is 0.326 e. The summed E-state index contributed by atoms with van der Waals surface area (Å²) >= 11 is 1.52. The summed E-state index contributed by atoms with van der Waals surface area (Å²) in [4.78, 5) is 41.1. The Morgan fingerprint density at radius 3 is 2.50 bits per heavy atom. The lowest BCUT2D eigenvalue weighted by molar-refractivity contribution is -0.139. The summed E-state index contributed by atoms with van der Waals surface area (Å²) in [7, 11) is 1.72. The van der Waals surface area contributed by atoms with E-state index in [1.165, 1.54) is 18.0 Å². The Morgan fingerprint density at radius 2 is 1.88 bits per heavy atom. The van der Waals surface area contributed by atoms with Crippen molar-refractivity contribution in [2.75, 3.05) is 17.3 Å². The largest absolute Gasteiger partial charge is 0.480 e. The van der Waals surface area contributed by atoms with Crippen molar-refractivity contribution in [3.63, 3.8) is 0 Å². The van der Waals surface area contributed by atoms with Crippen LogP contribution in [0.1, 0.15) is 27.4 Å². The number of hydrogen-bond donors (Lipinski definition) is 3. The van der Waals surface area contributed by atoms with Crippen LogP contribution in [-0.2, 0) is 11.8 Å². The van der Waals surface area contributed by atoms with E-state index >= 15 is 0 Å². The van der Waals surface area contributed by atoms with Crippen LogP contribution in [0, 0.1) is 0 Å². The van der Waals surface area contributed by atoms with E-state index in [0.29, 0.717) is 29.0 Å². The zero-order chi connectivity index (χ0) is 23.1. The number of carbonyl (C=O) groups excluding carboxylic acids is 2. The monoisotopic (exact) mass is 452 g/mol. The van der Waals surface area contributed by atoms with Crippen LogP contribution < -0.4 is 10.6 Å². The van der Waals surface area contributed by atoms with Gasteiger partial charge in [0.25, 0.3) is 11.8 Å². The van der Waals surface area contributed by atoms with E-state index < -0.39 is 17.9 Å². The molecule has 0 fully saturated rings. The minimum atomic E-state index is -1.08. The first-order chi connectivity index (χ1) is 15.4. The minimum absolute atomic E-state index is 0.256. The van der Waals surface area contributed by atoms with Crippen LogP contribution in [0.2, 0.25) is 0 Å². The molecule has 1 heterocycles. The summed E-state index contributed by atoms with van der Waals surface area (Å²) in [5, 5.41) is 14.9. The number of benzene rings is 2. The highest BCUT2D eigenvalue weighted by atomic mass is 32.2. The first-order valence-corrected chi connectivity index (χ1v) is 11.3. The molecule has 1 atom stereocenters. The number of amides is 2. The van der Waals surface area contributed by atoms with Crippen LogP contribution in [0.3, 0.4) is 0 Å². The fraction of sp³-hybridized carbons (Fsp3) is 0.217. The van der Waals surface area contributed by atoms with Crippen LogP contribution in [-0.4, -0.2) is 50.5 Å². The molecule has 8 nitrogen and oxygen atoms in total. The number of carboxylic acids is 1. The van der Waals surface area contributed by atoms with Gasteiger partial charge in [0, 0.05) is 30.7 Å². The van der Waals surface area contributed by atoms with Crippen molar-refractivity contribution < 1.29 is 19.5 Å². The van der Waals surface area contributed by atoms with E-state index in [9.17, 15) is 19.5 Å². The zero-order valence-corrected chi connectivity index (χ0v) is 18.6. The van der Waals surface area contributed by atoms with Crippen molar-refractivity contribution in [1.29, 1.82) is 0 Å². The highest BCUT2D eigenvalue weighted by molar-refractivity contribution is 7.98. The molecule has 32 heavy (non-hydrogen) atoms. The Kier molecular flexibility index (Phi) is 7.67. The van der Waals surface area contributed by atoms with Crippen molar-refractivity contribution in [2.24, 2.45) is 7.05 Å². The van der Waals surface area contributed by atoms with Gasteiger partial charge in [-0.05, 0) is 47.8 Å². The molecule has 0 spiro atoms. The number of rotatable bonds is 9. The molecular formula is C23H24N4O4S. The third-order valence-corrected chi connectivity index (χ3v) is 5.49. The first kappa shape index (κ1) is 23.1. The number of imidazole rings is 1. The van der Waals surface area contributed by atoms with Gasteiger partial charge in [0.1, 0.15) is 6.04 Å². The lowest BCUT2D eigenvalue weighted by Crippen LogP contribution is -2.41. The second-order valence-electron chi connectivity index (χ2n) is 7.09. The third kappa shape index (κ3) is 5.55. The predicted molar refractivity (Wildman–Crippen MR) is 125 cm³/mol. The molecule has 9 heteroatoms. The summed E-state index contributed by atoms with van der Waals surface area (Å²) in [6.07, 6.45) is 5.41. The number of thioether (sulfide) groups is 1. The molecule has 0 saturated heterocycles. The molecule has 166 valence electrons. The molecule has 3 N–H and O–H groups in total. The quantitative estimate of drug-likeness (QED) is 0.459. The average molecular weight is 453 g/mol. The van der Waals surface area contributed by atoms with Gasteiger partial charge < -0.3 is 20.3 Å². The van der Waals surface area contributed by atoms with Gasteiger partial charge >= 0.3 is 5.97 Å². The van der Waals surface area contributed by atoms with Gasteiger partial charge in [-0.1, -0.05) is 30.3 Å². The standard InChI is InChI=1S/C23H24N4O4S/c1-27-12-11-24-20(27)22(29)25-16-8-9-17(18(14-16)15-6-4-3-5-7-15)21(28)26-19(23(30)31)10-13-32-2/h3-9,11-12,14,19H,10,13H2,1-2H3,(H,25,29)(H,26,28)(H,30,31)/t19-/m0/s1. The molecule has 2 aromatic carbocycles. The number of anilines is 1. The molecule has 0 saturated carbocycles. The molecule has 0 radical (unpaired) electrons. The van der Waals surface area contributed by atoms with Crippen LogP contribution >= 0.6 is 11.8 Å². The highest BCUT2D eigenvalue weighted by Gasteiger charge is 2.22. The summed E-state index contributed by atoms with van der Waals surface area (Å²) in [5.74, 6) is -1.07. The van der Waals surface area contributed by atoms with Gasteiger partial charge in [0.05, 0.1) is 0 Å². The summed E-state index contributed by atoms with van der Waals surface area (Å²) in [6, 6.07) is 13.1. The number of aromatic nitrogens is 2. The van der Waals surface area contributed by atoms with E-state index in [-0.39, 0.29) is 11.7 Å². The predicted octanol–water partition coefficient (Wildman–Crippen LogP) is 3.28. The van der Waals surface area contributed by atoms with Crippen molar-refractivity contribution in [3.8, 4) is 11.1 Å². The van der Waals surface area contributed by atoms with E-state index in [2.05, 4.69) is 15.6 Å². The van der Waals surface area contributed by atoms with Gasteiger partial charge in [-0.2, -0.15) is 11.8 Å². The summed E-state index contributed by atoms with van der Waals surface area (Å²) < 4.78 is 1.61. The SMILES string of the molecule is CSCC[C@H](NC(=O)c1ccc(NC(=O)c2nccn2C)cc1-c1ccccc1)C(=O)O. The topological polar surface area (TPSA) is 113 Å². The number of carboxylic acid groups (broad SMARTS) is 1. The zero-order valence-electron chi connectivity index (χ0n) is 17.7. The van der Waals surface area contributed by atoms with E-state index in [1.807, 2.05) is 36.6 Å². The molecular weight excluding hydrogens is 428 g/mol. The maximum absolute atomic E-state index is 13.0. The highest BCUT2D eigenvalue weighted by Crippen LogP contribution is 2.27. The lowest BCUT2D eigenvalue weighted by atomic mass is 9.98. The molecule has 2 amide bonds. The minimum Gasteiger partial charge on any atom is -0.480 e. The molecule has 0 aliphatic carbocycles. The van der Waals surface area contributed by atoms with Crippen molar-refractivity contribution in [3.05, 3.63) is 72.3 Å². The maximum atomic E-state index is 13.0. The Labute approximate surface area is 190 Å². The number of aryl methyl sites for hydroxylation is 1. The lowest BCUT2D eigenvalue weighted by Gasteiger charge is -2.17. The molecule has 3 aromatic rings.